The summed E-state index contributed by atoms with van der Waals surface area (Å²) in [6.07, 6.45) is 5.83. The van der Waals surface area contributed by atoms with Crippen LogP contribution >= 0.6 is 11.3 Å². The molecule has 1 aromatic rings. The van der Waals surface area contributed by atoms with Gasteiger partial charge in [-0.25, -0.2) is 0 Å². The molecule has 5 nitrogen and oxygen atoms in total. The summed E-state index contributed by atoms with van der Waals surface area (Å²) < 4.78 is 5.80. The highest BCUT2D eigenvalue weighted by molar-refractivity contribution is 7.14. The van der Waals surface area contributed by atoms with Gasteiger partial charge >= 0.3 is 0 Å². The van der Waals surface area contributed by atoms with Gasteiger partial charge < -0.3 is 14.7 Å². The minimum Gasteiger partial charge on any atom is -0.393 e. The average Bonchev–Trinajstić information content (AvgIpc) is 3.21. The lowest BCUT2D eigenvalue weighted by Crippen LogP contribution is -2.38. The maximum absolute atomic E-state index is 12.1. The Balaban J connectivity index is 1.73. The number of rotatable bonds is 12. The highest BCUT2D eigenvalue weighted by Crippen LogP contribution is 2.22. The Hall–Kier alpha value is -1.24. The van der Waals surface area contributed by atoms with Crippen molar-refractivity contribution in [1.82, 2.24) is 4.90 Å². The van der Waals surface area contributed by atoms with E-state index in [1.54, 1.807) is 6.92 Å². The molecule has 2 heterocycles. The highest BCUT2D eigenvalue weighted by Gasteiger charge is 2.31. The monoisotopic (exact) mass is 381 g/mol. The topological polar surface area (TPSA) is 66.8 Å². The van der Waals surface area contributed by atoms with Gasteiger partial charge in [0.15, 0.2) is 5.78 Å². The second kappa shape index (κ2) is 10.8. The number of likely N-dealkylation sites (tertiary alicyclic amines) is 1. The summed E-state index contributed by atoms with van der Waals surface area (Å²) in [6.45, 7) is 5.29. The zero-order valence-corrected chi connectivity index (χ0v) is 16.7. The van der Waals surface area contributed by atoms with Crippen molar-refractivity contribution in [2.45, 2.75) is 77.5 Å². The van der Waals surface area contributed by atoms with Crippen LogP contribution in [0, 0.1) is 0 Å². The van der Waals surface area contributed by atoms with Gasteiger partial charge in [0.1, 0.15) is 0 Å². The smallest absolute Gasteiger partial charge is 0.222 e. The number of unbranched alkanes of at least 4 members (excludes halogenated alkanes) is 2. The summed E-state index contributed by atoms with van der Waals surface area (Å²) in [7, 11) is 0. The molecular weight excluding hydrogens is 350 g/mol. The maximum Gasteiger partial charge on any atom is 0.222 e. The number of ketones is 1. The molecular formula is C20H31NO4S. The molecule has 0 saturated carbocycles. The van der Waals surface area contributed by atoms with Crippen molar-refractivity contribution in [3.63, 3.8) is 0 Å². The molecule has 2 rings (SSSR count). The first-order valence-electron chi connectivity index (χ1n) is 9.66. The minimum absolute atomic E-state index is 0.0753. The summed E-state index contributed by atoms with van der Waals surface area (Å²) in [4.78, 5) is 27.1. The van der Waals surface area contributed by atoms with Crippen molar-refractivity contribution in [2.75, 3.05) is 13.2 Å². The first-order chi connectivity index (χ1) is 12.5. The van der Waals surface area contributed by atoms with Crippen LogP contribution in [0.25, 0.3) is 0 Å². The molecule has 0 spiro atoms. The number of carbonyl (C=O) groups excluding carboxylic acids is 2. The van der Waals surface area contributed by atoms with Gasteiger partial charge in [-0.05, 0) is 38.3 Å². The lowest BCUT2D eigenvalue weighted by molar-refractivity contribution is -0.130. The van der Waals surface area contributed by atoms with Crippen LogP contribution in [0.5, 0.6) is 0 Å². The number of hydrogen-bond acceptors (Lipinski definition) is 5. The molecule has 1 saturated heterocycles. The molecule has 146 valence electrons. The van der Waals surface area contributed by atoms with Crippen LogP contribution in [0.1, 0.15) is 73.3 Å². The quantitative estimate of drug-likeness (QED) is 0.442. The van der Waals surface area contributed by atoms with Gasteiger partial charge in [-0.2, -0.15) is 0 Å². The molecule has 0 aliphatic carbocycles. The Kier molecular flexibility index (Phi) is 8.75. The van der Waals surface area contributed by atoms with Gasteiger partial charge in [0.25, 0.3) is 0 Å². The molecule has 0 radical (unpaired) electrons. The SMILES string of the molecule is CCCCC[C@H](O)CCN1C(=O)CC[C@@H]1COCc1ccc(C(C)=O)s1. The number of aliphatic hydroxyl groups is 1. The molecule has 2 atom stereocenters. The van der Waals surface area contributed by atoms with E-state index in [-0.39, 0.29) is 23.8 Å². The van der Waals surface area contributed by atoms with Crippen LogP contribution in [0.4, 0.5) is 0 Å². The Bertz CT molecular complexity index is 586. The summed E-state index contributed by atoms with van der Waals surface area (Å²) in [5, 5.41) is 10.1. The molecule has 1 aliphatic heterocycles. The average molecular weight is 382 g/mol. The van der Waals surface area contributed by atoms with Gasteiger partial charge in [0.2, 0.25) is 5.91 Å². The Labute approximate surface area is 160 Å². The summed E-state index contributed by atoms with van der Waals surface area (Å²) in [5.41, 5.74) is 0. The molecule has 0 bridgehead atoms. The molecule has 0 unspecified atom stereocenters. The van der Waals surface area contributed by atoms with Crippen LogP contribution in [-0.4, -0.2) is 47.0 Å². The van der Waals surface area contributed by atoms with E-state index in [0.717, 1.165) is 41.9 Å². The Morgan fingerprint density at radius 2 is 2.19 bits per heavy atom. The Morgan fingerprint density at radius 3 is 2.88 bits per heavy atom. The molecule has 0 aromatic carbocycles. The van der Waals surface area contributed by atoms with Crippen molar-refractivity contribution >= 4 is 23.0 Å². The van der Waals surface area contributed by atoms with Crippen molar-refractivity contribution in [1.29, 1.82) is 0 Å². The van der Waals surface area contributed by atoms with Crippen LogP contribution < -0.4 is 0 Å². The molecule has 1 N–H and O–H groups in total. The molecule has 1 fully saturated rings. The fourth-order valence-corrected chi connectivity index (χ4v) is 4.12. The summed E-state index contributed by atoms with van der Waals surface area (Å²) >= 11 is 1.46. The van der Waals surface area contributed by atoms with Crippen LogP contribution in [-0.2, 0) is 16.1 Å². The van der Waals surface area contributed by atoms with E-state index in [4.69, 9.17) is 4.74 Å². The molecule has 1 amide bonds. The van der Waals surface area contributed by atoms with Crippen molar-refractivity contribution in [2.24, 2.45) is 0 Å². The third-order valence-corrected chi connectivity index (χ3v) is 6.02. The lowest BCUT2D eigenvalue weighted by atomic mass is 10.1. The predicted molar refractivity (Wildman–Crippen MR) is 103 cm³/mol. The molecule has 26 heavy (non-hydrogen) atoms. The first-order valence-corrected chi connectivity index (χ1v) is 10.5. The number of Topliss-reactive ketones (excluding diaryl/α,β-unsaturated/α-hetero) is 1. The molecule has 6 heteroatoms. The second-order valence-electron chi connectivity index (χ2n) is 7.06. The number of hydrogen-bond donors (Lipinski definition) is 1. The van der Waals surface area contributed by atoms with E-state index < -0.39 is 0 Å². The van der Waals surface area contributed by atoms with E-state index in [0.29, 0.717) is 32.6 Å². The second-order valence-corrected chi connectivity index (χ2v) is 8.22. The fourth-order valence-electron chi connectivity index (χ4n) is 3.28. The largest absolute Gasteiger partial charge is 0.393 e. The van der Waals surface area contributed by atoms with E-state index in [2.05, 4.69) is 6.92 Å². The van der Waals surface area contributed by atoms with E-state index in [1.807, 2.05) is 17.0 Å². The standard InChI is InChI=1S/C20H31NO4S/c1-3-4-5-6-17(23)11-12-21-16(7-10-20(21)24)13-25-14-18-8-9-19(26-18)15(2)22/h8-9,16-17,23H,3-7,10-14H2,1-2H3/t16-,17+/m1/s1. The van der Waals surface area contributed by atoms with E-state index >= 15 is 0 Å². The third kappa shape index (κ3) is 6.49. The number of carbonyl (C=O) groups is 2. The van der Waals surface area contributed by atoms with Gasteiger partial charge in [-0.15, -0.1) is 11.3 Å². The molecule has 1 aliphatic rings. The van der Waals surface area contributed by atoms with Crippen LogP contribution in [0.15, 0.2) is 12.1 Å². The number of ether oxygens (including phenoxy) is 1. The first kappa shape index (κ1) is 21.1. The van der Waals surface area contributed by atoms with Gasteiger partial charge in [0, 0.05) is 17.8 Å². The number of thiophene rings is 1. The third-order valence-electron chi connectivity index (χ3n) is 4.86. The van der Waals surface area contributed by atoms with Gasteiger partial charge in [0.05, 0.1) is 30.2 Å². The molecule has 1 aromatic heterocycles. The number of nitrogens with zero attached hydrogens (tertiary/aromatic N) is 1. The zero-order valence-electron chi connectivity index (χ0n) is 15.9. The fraction of sp³-hybridized carbons (Fsp3) is 0.700. The zero-order chi connectivity index (χ0) is 18.9. The van der Waals surface area contributed by atoms with E-state index in [9.17, 15) is 14.7 Å². The highest BCUT2D eigenvalue weighted by atomic mass is 32.1. The van der Waals surface area contributed by atoms with Crippen molar-refractivity contribution in [3.8, 4) is 0 Å². The summed E-state index contributed by atoms with van der Waals surface area (Å²) in [6, 6.07) is 3.85. The van der Waals surface area contributed by atoms with Crippen molar-refractivity contribution in [3.05, 3.63) is 21.9 Å². The normalized spacial score (nSPS) is 18.5. The van der Waals surface area contributed by atoms with Crippen molar-refractivity contribution < 1.29 is 19.4 Å². The summed E-state index contributed by atoms with van der Waals surface area (Å²) in [5.74, 6) is 0.237. The maximum atomic E-state index is 12.1. The number of amides is 1. The lowest BCUT2D eigenvalue weighted by Gasteiger charge is -2.25. The minimum atomic E-state index is -0.326. The van der Waals surface area contributed by atoms with Crippen LogP contribution in [0.3, 0.4) is 0 Å². The number of aliphatic hydroxyl groups excluding tert-OH is 1. The van der Waals surface area contributed by atoms with Gasteiger partial charge in [-0.1, -0.05) is 26.2 Å². The predicted octanol–water partition coefficient (Wildman–Crippen LogP) is 3.79. The van der Waals surface area contributed by atoms with Gasteiger partial charge in [-0.3, -0.25) is 9.59 Å². The van der Waals surface area contributed by atoms with E-state index in [1.165, 1.54) is 11.3 Å². The van der Waals surface area contributed by atoms with Crippen LogP contribution in [0.2, 0.25) is 0 Å². The Morgan fingerprint density at radius 1 is 1.38 bits per heavy atom.